The van der Waals surface area contributed by atoms with Crippen molar-refractivity contribution in [3.05, 3.63) is 46.2 Å². The van der Waals surface area contributed by atoms with E-state index in [1.165, 1.54) is 29.2 Å². The zero-order chi connectivity index (χ0) is 26.4. The first-order valence-corrected chi connectivity index (χ1v) is 12.9. The number of carbonyl (C=O) groups excluding carboxylic acids is 3. The maximum Gasteiger partial charge on any atom is 0.270 e. The van der Waals surface area contributed by atoms with Gasteiger partial charge in [-0.05, 0) is 42.1 Å². The Hall–Kier alpha value is -3.13. The minimum Gasteiger partial charge on any atom is -0.395 e. The fraction of sp³-hybridized carbons (Fsp3) is 0.500. The summed E-state index contributed by atoms with van der Waals surface area (Å²) >= 11 is 0.751. The van der Waals surface area contributed by atoms with Gasteiger partial charge in [0, 0.05) is 39.3 Å². The molecule has 2 atom stereocenters. The first-order valence-electron chi connectivity index (χ1n) is 12.2. The van der Waals surface area contributed by atoms with Crippen LogP contribution in [0.25, 0.3) is 0 Å². The molecule has 2 unspecified atom stereocenters. The van der Waals surface area contributed by atoms with E-state index in [1.54, 1.807) is 0 Å². The number of hydrogen-bond donors (Lipinski definition) is 3. The number of nitrogen functional groups attached to an aromatic ring is 1. The van der Waals surface area contributed by atoms with Gasteiger partial charge in [0.05, 0.1) is 25.0 Å². The SMILES string of the molecule is NC(=O)c1nsc(C(=O)N(CCN2CCOCC2)C(C(=O)NCC2CCCO2)c2ccc(F)cc2)c1N. The van der Waals surface area contributed by atoms with Gasteiger partial charge in [-0.3, -0.25) is 19.3 Å². The van der Waals surface area contributed by atoms with Crippen molar-refractivity contribution in [1.82, 2.24) is 19.5 Å². The van der Waals surface area contributed by atoms with Crippen LogP contribution in [0, 0.1) is 5.82 Å². The summed E-state index contributed by atoms with van der Waals surface area (Å²) in [6.07, 6.45) is 1.64. The lowest BCUT2D eigenvalue weighted by Crippen LogP contribution is -2.49. The number of benzene rings is 1. The van der Waals surface area contributed by atoms with Crippen LogP contribution in [0.2, 0.25) is 0 Å². The zero-order valence-electron chi connectivity index (χ0n) is 20.4. The average molecular weight is 535 g/mol. The first kappa shape index (κ1) is 26.9. The van der Waals surface area contributed by atoms with E-state index in [-0.39, 0.29) is 35.5 Å². The maximum absolute atomic E-state index is 13.9. The molecular formula is C24H31FN6O5S. The highest BCUT2D eigenvalue weighted by Gasteiger charge is 2.35. The molecule has 0 aliphatic carbocycles. The predicted molar refractivity (Wildman–Crippen MR) is 134 cm³/mol. The molecule has 2 fully saturated rings. The van der Waals surface area contributed by atoms with Gasteiger partial charge in [0.1, 0.15) is 16.7 Å². The van der Waals surface area contributed by atoms with Crippen LogP contribution in [0.1, 0.15) is 44.6 Å². The second-order valence-corrected chi connectivity index (χ2v) is 9.70. The van der Waals surface area contributed by atoms with Crippen molar-refractivity contribution < 1.29 is 28.2 Å². The Morgan fingerprint density at radius 3 is 2.57 bits per heavy atom. The Labute approximate surface area is 218 Å². The Bertz CT molecular complexity index is 1100. The zero-order valence-corrected chi connectivity index (χ0v) is 21.2. The van der Waals surface area contributed by atoms with Crippen molar-refractivity contribution in [2.75, 3.05) is 58.3 Å². The number of halogens is 1. The largest absolute Gasteiger partial charge is 0.395 e. The van der Waals surface area contributed by atoms with E-state index in [0.29, 0.717) is 45.0 Å². The number of ether oxygens (including phenoxy) is 2. The quantitative estimate of drug-likeness (QED) is 0.404. The number of amides is 3. The van der Waals surface area contributed by atoms with Crippen molar-refractivity contribution >= 4 is 34.9 Å². The van der Waals surface area contributed by atoms with Crippen LogP contribution in [0.3, 0.4) is 0 Å². The van der Waals surface area contributed by atoms with Gasteiger partial charge in [0.15, 0.2) is 5.69 Å². The molecule has 0 radical (unpaired) electrons. The smallest absolute Gasteiger partial charge is 0.270 e. The van der Waals surface area contributed by atoms with E-state index in [4.69, 9.17) is 20.9 Å². The summed E-state index contributed by atoms with van der Waals surface area (Å²) in [4.78, 5) is 42.7. The lowest BCUT2D eigenvalue weighted by molar-refractivity contribution is -0.126. The Morgan fingerprint density at radius 1 is 1.22 bits per heavy atom. The Kier molecular flexibility index (Phi) is 9.03. The molecule has 200 valence electrons. The number of hydrogen-bond acceptors (Lipinski definition) is 9. The summed E-state index contributed by atoms with van der Waals surface area (Å²) in [6.45, 7) is 4.06. The second kappa shape index (κ2) is 12.4. The van der Waals surface area contributed by atoms with Crippen LogP contribution in [-0.2, 0) is 14.3 Å². The summed E-state index contributed by atoms with van der Waals surface area (Å²) < 4.78 is 28.7. The molecule has 2 aromatic rings. The minimum atomic E-state index is -1.09. The van der Waals surface area contributed by atoms with Gasteiger partial charge in [-0.1, -0.05) is 12.1 Å². The molecule has 2 saturated heterocycles. The normalized spacial score (nSPS) is 18.9. The Morgan fingerprint density at radius 2 is 1.95 bits per heavy atom. The van der Waals surface area contributed by atoms with Gasteiger partial charge < -0.3 is 31.2 Å². The Balaban J connectivity index is 1.66. The molecule has 5 N–H and O–H groups in total. The van der Waals surface area contributed by atoms with Crippen molar-refractivity contribution in [3.63, 3.8) is 0 Å². The fourth-order valence-corrected chi connectivity index (χ4v) is 5.18. The third-order valence-electron chi connectivity index (χ3n) is 6.45. The molecule has 0 saturated carbocycles. The predicted octanol–water partition coefficient (Wildman–Crippen LogP) is 0.774. The molecule has 2 aliphatic heterocycles. The molecule has 1 aromatic carbocycles. The van der Waals surface area contributed by atoms with E-state index in [9.17, 15) is 18.8 Å². The van der Waals surface area contributed by atoms with Crippen molar-refractivity contribution in [3.8, 4) is 0 Å². The van der Waals surface area contributed by atoms with Crippen LogP contribution >= 0.6 is 11.5 Å². The van der Waals surface area contributed by atoms with Gasteiger partial charge >= 0.3 is 0 Å². The monoisotopic (exact) mass is 534 g/mol. The van der Waals surface area contributed by atoms with Gasteiger partial charge in [-0.25, -0.2) is 4.39 Å². The lowest BCUT2D eigenvalue weighted by Gasteiger charge is -2.34. The number of anilines is 1. The summed E-state index contributed by atoms with van der Waals surface area (Å²) in [7, 11) is 0. The molecule has 3 amide bonds. The van der Waals surface area contributed by atoms with Crippen LogP contribution in [0.4, 0.5) is 10.1 Å². The highest BCUT2D eigenvalue weighted by molar-refractivity contribution is 7.09. The highest BCUT2D eigenvalue weighted by Crippen LogP contribution is 2.29. The van der Waals surface area contributed by atoms with E-state index in [0.717, 1.165) is 24.4 Å². The van der Waals surface area contributed by atoms with Gasteiger partial charge in [-0.2, -0.15) is 4.37 Å². The van der Waals surface area contributed by atoms with E-state index >= 15 is 0 Å². The van der Waals surface area contributed by atoms with Crippen molar-refractivity contribution in [2.24, 2.45) is 5.73 Å². The molecule has 1 aromatic heterocycles. The number of nitrogens with two attached hydrogens (primary N) is 2. The standard InChI is InChI=1S/C24H31FN6O5S/c25-16-5-3-15(4-6-16)20(23(33)28-14-17-2-1-11-36-17)31(8-7-30-9-12-35-13-10-30)24(34)21-18(26)19(22(27)32)29-37-21/h3-6,17,20H,1-2,7-14,26H2,(H2,27,32)(H,28,33). The summed E-state index contributed by atoms with van der Waals surface area (Å²) in [5.41, 5.74) is 11.5. The molecular weight excluding hydrogens is 503 g/mol. The highest BCUT2D eigenvalue weighted by atomic mass is 32.1. The molecule has 0 spiro atoms. The molecule has 3 heterocycles. The van der Waals surface area contributed by atoms with Crippen LogP contribution in [0.5, 0.6) is 0 Å². The number of primary amides is 1. The van der Waals surface area contributed by atoms with Gasteiger partial charge in [0.2, 0.25) is 5.91 Å². The lowest BCUT2D eigenvalue weighted by atomic mass is 10.0. The average Bonchev–Trinajstić information content (AvgIpc) is 3.56. The summed E-state index contributed by atoms with van der Waals surface area (Å²) in [6, 6.07) is 4.35. The maximum atomic E-state index is 13.9. The van der Waals surface area contributed by atoms with Crippen LogP contribution < -0.4 is 16.8 Å². The number of nitrogens with zero attached hydrogens (tertiary/aromatic N) is 3. The molecule has 0 bridgehead atoms. The number of carbonyl (C=O) groups is 3. The summed E-state index contributed by atoms with van der Waals surface area (Å²) in [5.74, 6) is -2.32. The first-order chi connectivity index (χ1) is 17.8. The van der Waals surface area contributed by atoms with Crippen molar-refractivity contribution in [1.29, 1.82) is 0 Å². The van der Waals surface area contributed by atoms with Gasteiger partial charge in [-0.15, -0.1) is 0 Å². The molecule has 13 heteroatoms. The topological polar surface area (TPSA) is 153 Å². The third-order valence-corrected chi connectivity index (χ3v) is 7.30. The van der Waals surface area contributed by atoms with E-state index in [2.05, 4.69) is 14.6 Å². The number of rotatable bonds is 10. The molecule has 2 aliphatic rings. The van der Waals surface area contributed by atoms with E-state index in [1.807, 2.05) is 0 Å². The molecule has 37 heavy (non-hydrogen) atoms. The number of morpholine rings is 1. The summed E-state index contributed by atoms with van der Waals surface area (Å²) in [5, 5.41) is 2.90. The third kappa shape index (κ3) is 6.60. The second-order valence-electron chi connectivity index (χ2n) is 8.93. The van der Waals surface area contributed by atoms with E-state index < -0.39 is 29.6 Å². The molecule has 4 rings (SSSR count). The fourth-order valence-electron chi connectivity index (χ4n) is 4.42. The molecule has 11 nitrogen and oxygen atoms in total. The van der Waals surface area contributed by atoms with Crippen LogP contribution in [-0.4, -0.2) is 90.5 Å². The van der Waals surface area contributed by atoms with Gasteiger partial charge in [0.25, 0.3) is 11.8 Å². The number of aromatic nitrogens is 1. The number of nitrogens with one attached hydrogen (secondary N) is 1. The van der Waals surface area contributed by atoms with Crippen molar-refractivity contribution in [2.45, 2.75) is 25.0 Å². The minimum absolute atomic E-state index is 0.00909. The van der Waals surface area contributed by atoms with Crippen LogP contribution in [0.15, 0.2) is 24.3 Å².